The third-order valence-corrected chi connectivity index (χ3v) is 4.36. The van der Waals surface area contributed by atoms with Crippen LogP contribution in [0.2, 0.25) is 5.02 Å². The highest BCUT2D eigenvalue weighted by Gasteiger charge is 2.29. The molecule has 0 spiro atoms. The number of hydrogen-bond acceptors (Lipinski definition) is 6. The van der Waals surface area contributed by atoms with E-state index in [0.29, 0.717) is 18.2 Å². The Kier molecular flexibility index (Phi) is 5.69. The Balaban J connectivity index is 1.36. The fourth-order valence-electron chi connectivity index (χ4n) is 2.73. The minimum absolute atomic E-state index is 0.152. The molecule has 3 rings (SSSR count). The van der Waals surface area contributed by atoms with Crippen LogP contribution in [0, 0.1) is 0 Å². The highest BCUT2D eigenvalue weighted by atomic mass is 35.5. The van der Waals surface area contributed by atoms with Gasteiger partial charge >= 0.3 is 0 Å². The van der Waals surface area contributed by atoms with E-state index in [0.717, 1.165) is 38.5 Å². The molecule has 1 aromatic rings. The van der Waals surface area contributed by atoms with Gasteiger partial charge in [0.15, 0.2) is 0 Å². The van der Waals surface area contributed by atoms with Gasteiger partial charge in [-0.25, -0.2) is 10.9 Å². The minimum Gasteiger partial charge on any atom is -0.492 e. The van der Waals surface area contributed by atoms with E-state index in [4.69, 9.17) is 16.3 Å². The number of ether oxygens (including phenoxy) is 1. The van der Waals surface area contributed by atoms with Crippen LogP contribution in [0.1, 0.15) is 0 Å². The van der Waals surface area contributed by atoms with Crippen LogP contribution in [0.5, 0.6) is 5.75 Å². The van der Waals surface area contributed by atoms with Gasteiger partial charge in [0.25, 0.3) is 0 Å². The summed E-state index contributed by atoms with van der Waals surface area (Å²) < 4.78 is 5.71. The summed E-state index contributed by atoms with van der Waals surface area (Å²) in [6.07, 6.45) is 0. The lowest BCUT2D eigenvalue weighted by molar-refractivity contribution is -0.134. The minimum atomic E-state index is -0.171. The maximum Gasteiger partial charge on any atom is 0.242 e. The number of nitrogens with zero attached hydrogens (tertiary/aromatic N) is 2. The number of hydrazine groups is 2. The summed E-state index contributed by atoms with van der Waals surface area (Å²) in [6.45, 7) is 5.39. The molecule has 1 aromatic carbocycles. The van der Waals surface area contributed by atoms with E-state index in [-0.39, 0.29) is 11.9 Å². The van der Waals surface area contributed by atoms with Gasteiger partial charge in [-0.3, -0.25) is 9.69 Å². The number of rotatable bonds is 5. The number of carbonyl (C=O) groups excluding carboxylic acids is 1. The molecule has 2 aliphatic rings. The Hall–Kier alpha value is -1.38. The van der Waals surface area contributed by atoms with Crippen LogP contribution >= 0.6 is 11.6 Å². The first kappa shape index (κ1) is 16.5. The van der Waals surface area contributed by atoms with Crippen molar-refractivity contribution in [1.29, 1.82) is 0 Å². The first-order valence-corrected chi connectivity index (χ1v) is 8.23. The Labute approximate surface area is 140 Å². The Bertz CT molecular complexity index is 513. The monoisotopic (exact) mass is 339 g/mol. The van der Waals surface area contributed by atoms with Gasteiger partial charge < -0.3 is 9.64 Å². The number of carbonyl (C=O) groups is 1. The van der Waals surface area contributed by atoms with Crippen molar-refractivity contribution in [2.75, 3.05) is 45.9 Å². The first-order valence-electron chi connectivity index (χ1n) is 7.85. The quantitative estimate of drug-likeness (QED) is 0.693. The topological polar surface area (TPSA) is 68.9 Å². The molecule has 8 heteroatoms. The smallest absolute Gasteiger partial charge is 0.242 e. The van der Waals surface area contributed by atoms with Crippen LogP contribution in [0.25, 0.3) is 0 Å². The van der Waals surface area contributed by atoms with Crippen LogP contribution < -0.4 is 21.1 Å². The van der Waals surface area contributed by atoms with Gasteiger partial charge in [-0.05, 0) is 24.3 Å². The van der Waals surface area contributed by atoms with Gasteiger partial charge in [0, 0.05) is 44.3 Å². The molecule has 7 nitrogen and oxygen atoms in total. The summed E-state index contributed by atoms with van der Waals surface area (Å²) in [5.41, 5.74) is 8.60. The normalized spacial score (nSPS) is 22.3. The van der Waals surface area contributed by atoms with Gasteiger partial charge in [-0.15, -0.1) is 0 Å². The predicted octanol–water partition coefficient (Wildman–Crippen LogP) is -0.156. The van der Waals surface area contributed by atoms with Gasteiger partial charge in [0.2, 0.25) is 5.91 Å². The molecule has 3 N–H and O–H groups in total. The van der Waals surface area contributed by atoms with Crippen molar-refractivity contribution in [3.05, 3.63) is 29.3 Å². The number of halogens is 1. The maximum absolute atomic E-state index is 12.3. The lowest BCUT2D eigenvalue weighted by Crippen LogP contribution is -2.54. The lowest BCUT2D eigenvalue weighted by atomic mass is 10.2. The van der Waals surface area contributed by atoms with E-state index in [9.17, 15) is 4.79 Å². The van der Waals surface area contributed by atoms with Gasteiger partial charge in [-0.2, -0.15) is 5.53 Å². The van der Waals surface area contributed by atoms with Crippen molar-refractivity contribution in [3.8, 4) is 5.75 Å². The number of piperazine rings is 1. The molecule has 0 aromatic heterocycles. The molecule has 23 heavy (non-hydrogen) atoms. The number of amides is 1. The molecule has 126 valence electrons. The number of nitrogens with one attached hydrogen (secondary N) is 3. The van der Waals surface area contributed by atoms with Gasteiger partial charge in [0.05, 0.1) is 0 Å². The van der Waals surface area contributed by atoms with Gasteiger partial charge in [-0.1, -0.05) is 11.6 Å². The van der Waals surface area contributed by atoms with E-state index in [1.807, 2.05) is 29.2 Å². The zero-order valence-corrected chi connectivity index (χ0v) is 13.7. The second-order valence-electron chi connectivity index (χ2n) is 5.67. The Morgan fingerprint density at radius 3 is 2.61 bits per heavy atom. The molecule has 1 atom stereocenters. The predicted molar refractivity (Wildman–Crippen MR) is 88.0 cm³/mol. The van der Waals surface area contributed by atoms with Crippen molar-refractivity contribution in [2.24, 2.45) is 0 Å². The zero-order chi connectivity index (χ0) is 16.1. The van der Waals surface area contributed by atoms with Crippen molar-refractivity contribution >= 4 is 17.5 Å². The average Bonchev–Trinajstić information content (AvgIpc) is 3.11. The molecule has 0 radical (unpaired) electrons. The van der Waals surface area contributed by atoms with Crippen molar-refractivity contribution in [3.63, 3.8) is 0 Å². The molecule has 1 amide bonds. The molecular weight excluding hydrogens is 318 g/mol. The summed E-state index contributed by atoms with van der Waals surface area (Å²) in [7, 11) is 0. The Morgan fingerprint density at radius 1 is 1.22 bits per heavy atom. The molecule has 1 unspecified atom stereocenters. The highest BCUT2D eigenvalue weighted by Crippen LogP contribution is 2.15. The van der Waals surface area contributed by atoms with Crippen LogP contribution in [0.15, 0.2) is 24.3 Å². The summed E-state index contributed by atoms with van der Waals surface area (Å²) in [6, 6.07) is 7.21. The maximum atomic E-state index is 12.3. The van der Waals surface area contributed by atoms with E-state index >= 15 is 0 Å². The molecule has 2 saturated heterocycles. The largest absolute Gasteiger partial charge is 0.492 e. The zero-order valence-electron chi connectivity index (χ0n) is 12.9. The fraction of sp³-hybridized carbons (Fsp3) is 0.533. The second-order valence-corrected chi connectivity index (χ2v) is 6.11. The van der Waals surface area contributed by atoms with Crippen LogP contribution in [0.3, 0.4) is 0 Å². The third-order valence-electron chi connectivity index (χ3n) is 4.11. The number of hydrogen-bond donors (Lipinski definition) is 3. The lowest BCUT2D eigenvalue weighted by Gasteiger charge is -2.35. The van der Waals surface area contributed by atoms with Crippen molar-refractivity contribution in [2.45, 2.75) is 6.04 Å². The van der Waals surface area contributed by atoms with E-state index < -0.39 is 0 Å². The fourth-order valence-corrected chi connectivity index (χ4v) is 2.85. The van der Waals surface area contributed by atoms with Gasteiger partial charge in [0.1, 0.15) is 18.4 Å². The average molecular weight is 340 g/mol. The van der Waals surface area contributed by atoms with E-state index in [1.54, 1.807) is 0 Å². The summed E-state index contributed by atoms with van der Waals surface area (Å²) in [4.78, 5) is 16.5. The third kappa shape index (κ3) is 4.55. The summed E-state index contributed by atoms with van der Waals surface area (Å²) in [5.74, 6) is 0.982. The summed E-state index contributed by atoms with van der Waals surface area (Å²) in [5, 5.41) is 0.709. The van der Waals surface area contributed by atoms with Crippen LogP contribution in [-0.4, -0.2) is 67.6 Å². The summed E-state index contributed by atoms with van der Waals surface area (Å²) >= 11 is 5.85. The Morgan fingerprint density at radius 2 is 1.96 bits per heavy atom. The molecule has 2 aliphatic heterocycles. The van der Waals surface area contributed by atoms with E-state index in [2.05, 4.69) is 21.3 Å². The number of benzene rings is 1. The van der Waals surface area contributed by atoms with Crippen molar-refractivity contribution < 1.29 is 9.53 Å². The highest BCUT2D eigenvalue weighted by molar-refractivity contribution is 6.30. The van der Waals surface area contributed by atoms with Crippen LogP contribution in [0.4, 0.5) is 0 Å². The molecule has 2 heterocycles. The molecule has 2 fully saturated rings. The molecular formula is C15H22ClN5O2. The SMILES string of the molecule is O=C(C1CNNN1)N1CCN(CCOc2ccc(Cl)cc2)CC1. The first-order chi connectivity index (χ1) is 11.2. The molecule has 0 bridgehead atoms. The van der Waals surface area contributed by atoms with E-state index in [1.165, 1.54) is 0 Å². The van der Waals surface area contributed by atoms with Crippen molar-refractivity contribution in [1.82, 2.24) is 26.2 Å². The standard InChI is InChI=1S/C15H22ClN5O2/c16-12-1-3-13(4-2-12)23-10-9-20-5-7-21(8-6-20)15(22)14-11-17-19-18-14/h1-4,14,17-19H,5-11H2. The molecule has 0 aliphatic carbocycles. The molecule has 0 saturated carbocycles. The second kappa shape index (κ2) is 7.94. The van der Waals surface area contributed by atoms with Crippen LogP contribution in [-0.2, 0) is 4.79 Å².